The lowest BCUT2D eigenvalue weighted by Crippen LogP contribution is -2.05. The number of halogens is 1. The number of hydrogen-bond acceptors (Lipinski definition) is 6. The average molecular weight is 348 g/mol. The maximum atomic E-state index is 9.18. The molecule has 0 unspecified atom stereocenters. The van der Waals surface area contributed by atoms with Crippen LogP contribution >= 0.6 is 15.9 Å². The third-order valence-electron chi connectivity index (χ3n) is 2.67. The highest BCUT2D eigenvalue weighted by molar-refractivity contribution is 9.10. The molecule has 0 aliphatic rings. The Morgan fingerprint density at radius 1 is 1.29 bits per heavy atom. The summed E-state index contributed by atoms with van der Waals surface area (Å²) in [7, 11) is 3.37. The fraction of sp³-hybridized carbons (Fsp3) is 0.214. The Balaban J connectivity index is 2.35. The van der Waals surface area contributed by atoms with E-state index in [1.54, 1.807) is 26.3 Å². The third kappa shape index (κ3) is 3.90. The SMILES string of the molecule is CNc1cc(Nc2ccc(Br)cc2C#N)nc(COC)n1. The molecule has 0 amide bonds. The normalized spacial score (nSPS) is 10.0. The molecule has 2 rings (SSSR count). The van der Waals surface area contributed by atoms with Gasteiger partial charge in [0.25, 0.3) is 0 Å². The molecule has 6 nitrogen and oxygen atoms in total. The maximum absolute atomic E-state index is 9.18. The zero-order valence-electron chi connectivity index (χ0n) is 11.6. The number of nitrogens with one attached hydrogen (secondary N) is 2. The van der Waals surface area contributed by atoms with Crippen LogP contribution in [0.25, 0.3) is 0 Å². The van der Waals surface area contributed by atoms with Crippen molar-refractivity contribution in [1.29, 1.82) is 5.26 Å². The van der Waals surface area contributed by atoms with Crippen LogP contribution in [0, 0.1) is 11.3 Å². The third-order valence-corrected chi connectivity index (χ3v) is 3.16. The topological polar surface area (TPSA) is 82.9 Å². The first-order valence-electron chi connectivity index (χ1n) is 6.17. The predicted molar refractivity (Wildman–Crippen MR) is 84.4 cm³/mol. The summed E-state index contributed by atoms with van der Waals surface area (Å²) in [5.74, 6) is 1.83. The van der Waals surface area contributed by atoms with Gasteiger partial charge >= 0.3 is 0 Å². The molecule has 0 saturated heterocycles. The smallest absolute Gasteiger partial charge is 0.158 e. The van der Waals surface area contributed by atoms with Crippen LogP contribution < -0.4 is 10.6 Å². The fourth-order valence-electron chi connectivity index (χ4n) is 1.74. The van der Waals surface area contributed by atoms with Crippen molar-refractivity contribution in [3.8, 4) is 6.07 Å². The first-order valence-corrected chi connectivity index (χ1v) is 6.97. The number of nitriles is 1. The van der Waals surface area contributed by atoms with Crippen molar-refractivity contribution < 1.29 is 4.74 Å². The monoisotopic (exact) mass is 347 g/mol. The summed E-state index contributed by atoms with van der Waals surface area (Å²) in [6.07, 6.45) is 0. The Kier molecular flexibility index (Phi) is 5.09. The van der Waals surface area contributed by atoms with E-state index in [9.17, 15) is 5.26 Å². The summed E-state index contributed by atoms with van der Waals surface area (Å²) >= 11 is 3.35. The highest BCUT2D eigenvalue weighted by Crippen LogP contribution is 2.24. The molecular formula is C14H14BrN5O. The lowest BCUT2D eigenvalue weighted by atomic mass is 10.2. The number of hydrogen-bond donors (Lipinski definition) is 2. The molecule has 1 aromatic carbocycles. The van der Waals surface area contributed by atoms with Crippen molar-refractivity contribution in [3.05, 3.63) is 40.1 Å². The Labute approximate surface area is 131 Å². The first-order chi connectivity index (χ1) is 10.2. The molecule has 2 N–H and O–H groups in total. The zero-order chi connectivity index (χ0) is 15.2. The van der Waals surface area contributed by atoms with Gasteiger partial charge in [-0.25, -0.2) is 9.97 Å². The van der Waals surface area contributed by atoms with Gasteiger partial charge in [0.1, 0.15) is 24.3 Å². The van der Waals surface area contributed by atoms with E-state index in [1.165, 1.54) is 0 Å². The molecule has 21 heavy (non-hydrogen) atoms. The van der Waals surface area contributed by atoms with E-state index < -0.39 is 0 Å². The molecule has 108 valence electrons. The van der Waals surface area contributed by atoms with E-state index in [4.69, 9.17) is 4.74 Å². The van der Waals surface area contributed by atoms with E-state index in [0.29, 0.717) is 35.3 Å². The Bertz CT molecular complexity index is 684. The summed E-state index contributed by atoms with van der Waals surface area (Å²) in [4.78, 5) is 8.64. The van der Waals surface area contributed by atoms with Crippen LogP contribution in [-0.2, 0) is 11.3 Å². The highest BCUT2D eigenvalue weighted by atomic mass is 79.9. The number of nitrogens with zero attached hydrogens (tertiary/aromatic N) is 3. The largest absolute Gasteiger partial charge is 0.377 e. The lowest BCUT2D eigenvalue weighted by Gasteiger charge is -2.11. The molecule has 7 heteroatoms. The van der Waals surface area contributed by atoms with Gasteiger partial charge < -0.3 is 15.4 Å². The molecule has 0 spiro atoms. The standard InChI is InChI=1S/C14H14BrN5O/c1-17-12-6-13(20-14(19-12)8-21-2)18-11-4-3-10(15)5-9(11)7-16/h3-6H,8H2,1-2H3,(H2,17,18,19,20). The van der Waals surface area contributed by atoms with Gasteiger partial charge in [-0.15, -0.1) is 0 Å². The quantitative estimate of drug-likeness (QED) is 0.864. The molecule has 0 radical (unpaired) electrons. The predicted octanol–water partition coefficient (Wildman–Crippen LogP) is 3.04. The molecule has 0 bridgehead atoms. The van der Waals surface area contributed by atoms with Gasteiger partial charge in [0.05, 0.1) is 11.3 Å². The van der Waals surface area contributed by atoms with Crippen molar-refractivity contribution in [1.82, 2.24) is 9.97 Å². The minimum Gasteiger partial charge on any atom is -0.377 e. The van der Waals surface area contributed by atoms with Gasteiger partial charge in [-0.1, -0.05) is 15.9 Å². The molecule has 0 aliphatic carbocycles. The summed E-state index contributed by atoms with van der Waals surface area (Å²) < 4.78 is 5.90. The van der Waals surface area contributed by atoms with Crippen LogP contribution in [0.5, 0.6) is 0 Å². The van der Waals surface area contributed by atoms with Crippen LogP contribution in [0.3, 0.4) is 0 Å². The Morgan fingerprint density at radius 3 is 2.71 bits per heavy atom. The van der Waals surface area contributed by atoms with Crippen LogP contribution in [0.15, 0.2) is 28.7 Å². The zero-order valence-corrected chi connectivity index (χ0v) is 13.2. The highest BCUT2D eigenvalue weighted by Gasteiger charge is 2.07. The summed E-state index contributed by atoms with van der Waals surface area (Å²) in [6.45, 7) is 0.315. The van der Waals surface area contributed by atoms with Gasteiger partial charge in [-0.3, -0.25) is 0 Å². The number of aromatic nitrogens is 2. The lowest BCUT2D eigenvalue weighted by molar-refractivity contribution is 0.178. The molecule has 0 saturated carbocycles. The van der Waals surface area contributed by atoms with E-state index in [2.05, 4.69) is 42.6 Å². The van der Waals surface area contributed by atoms with Gasteiger partial charge in [0.2, 0.25) is 0 Å². The maximum Gasteiger partial charge on any atom is 0.158 e. The second-order valence-electron chi connectivity index (χ2n) is 4.16. The van der Waals surface area contributed by atoms with Crippen molar-refractivity contribution in [2.24, 2.45) is 0 Å². The molecule has 0 aliphatic heterocycles. The number of anilines is 3. The minimum atomic E-state index is 0.315. The van der Waals surface area contributed by atoms with Gasteiger partial charge in [0, 0.05) is 24.7 Å². The van der Waals surface area contributed by atoms with E-state index in [-0.39, 0.29) is 0 Å². The summed E-state index contributed by atoms with van der Waals surface area (Å²) in [5, 5.41) is 15.3. The number of benzene rings is 1. The van der Waals surface area contributed by atoms with Crippen LogP contribution in [0.4, 0.5) is 17.3 Å². The first kappa shape index (κ1) is 15.2. The minimum absolute atomic E-state index is 0.315. The van der Waals surface area contributed by atoms with Crippen molar-refractivity contribution in [2.45, 2.75) is 6.61 Å². The molecule has 0 fully saturated rings. The van der Waals surface area contributed by atoms with E-state index in [1.807, 2.05) is 12.1 Å². The summed E-state index contributed by atoms with van der Waals surface area (Å²) in [6, 6.07) is 9.34. The number of rotatable bonds is 5. The molecule has 1 heterocycles. The van der Waals surface area contributed by atoms with E-state index in [0.717, 1.165) is 4.47 Å². The number of methoxy groups -OCH3 is 1. The number of ether oxygens (including phenoxy) is 1. The second-order valence-corrected chi connectivity index (χ2v) is 5.08. The van der Waals surface area contributed by atoms with Crippen molar-refractivity contribution in [2.75, 3.05) is 24.8 Å². The molecule has 2 aromatic rings. The fourth-order valence-corrected chi connectivity index (χ4v) is 2.10. The van der Waals surface area contributed by atoms with Crippen molar-refractivity contribution in [3.63, 3.8) is 0 Å². The Hall–Kier alpha value is -2.17. The van der Waals surface area contributed by atoms with Gasteiger partial charge in [-0.2, -0.15) is 5.26 Å². The Morgan fingerprint density at radius 2 is 2.05 bits per heavy atom. The van der Waals surface area contributed by atoms with Crippen LogP contribution in [0.1, 0.15) is 11.4 Å². The second kappa shape index (κ2) is 7.02. The van der Waals surface area contributed by atoms with Gasteiger partial charge in [0.15, 0.2) is 5.82 Å². The van der Waals surface area contributed by atoms with E-state index >= 15 is 0 Å². The van der Waals surface area contributed by atoms with Gasteiger partial charge in [-0.05, 0) is 18.2 Å². The summed E-state index contributed by atoms with van der Waals surface area (Å²) in [5.41, 5.74) is 1.21. The average Bonchev–Trinajstić information content (AvgIpc) is 2.49. The molecular weight excluding hydrogens is 334 g/mol. The molecule has 1 aromatic heterocycles. The van der Waals surface area contributed by atoms with Crippen molar-refractivity contribution >= 4 is 33.3 Å². The molecule has 0 atom stereocenters. The van der Waals surface area contributed by atoms with Crippen LogP contribution in [-0.4, -0.2) is 24.1 Å². The van der Waals surface area contributed by atoms with Crippen LogP contribution in [0.2, 0.25) is 0 Å².